The zero-order valence-electron chi connectivity index (χ0n) is 9.66. The molecule has 2 N–H and O–H groups in total. The predicted octanol–water partition coefficient (Wildman–Crippen LogP) is 2.05. The minimum Gasteiger partial charge on any atom is -0.480 e. The summed E-state index contributed by atoms with van der Waals surface area (Å²) in [5.74, 6) is -1.19. The highest BCUT2D eigenvalue weighted by atomic mass is 32.1. The van der Waals surface area contributed by atoms with Crippen molar-refractivity contribution in [3.05, 3.63) is 21.9 Å². The maximum atomic E-state index is 11.9. The summed E-state index contributed by atoms with van der Waals surface area (Å²) in [6.07, 6.45) is 2.80. The van der Waals surface area contributed by atoms with Crippen LogP contribution in [0.5, 0.6) is 0 Å². The van der Waals surface area contributed by atoms with Crippen molar-refractivity contribution in [1.29, 1.82) is 0 Å². The first-order valence-corrected chi connectivity index (χ1v) is 6.54. The fourth-order valence-corrected chi connectivity index (χ4v) is 2.73. The molecular weight excluding hydrogens is 238 g/mol. The topological polar surface area (TPSA) is 66.4 Å². The van der Waals surface area contributed by atoms with E-state index in [4.69, 9.17) is 5.11 Å². The zero-order valence-corrected chi connectivity index (χ0v) is 10.5. The van der Waals surface area contributed by atoms with Crippen molar-refractivity contribution < 1.29 is 14.7 Å². The van der Waals surface area contributed by atoms with Gasteiger partial charge in [0.15, 0.2) is 0 Å². The van der Waals surface area contributed by atoms with Gasteiger partial charge < -0.3 is 10.4 Å². The van der Waals surface area contributed by atoms with Crippen LogP contribution in [0.4, 0.5) is 0 Å². The van der Waals surface area contributed by atoms with Crippen molar-refractivity contribution in [1.82, 2.24) is 5.32 Å². The molecule has 0 radical (unpaired) electrons. The molecule has 1 heterocycles. The molecule has 0 saturated heterocycles. The summed E-state index contributed by atoms with van der Waals surface area (Å²) in [6.45, 7) is 2.03. The third-order valence-corrected chi connectivity index (χ3v) is 4.43. The number of carboxylic acid groups (broad SMARTS) is 1. The number of hydrogen-bond acceptors (Lipinski definition) is 3. The SMILES string of the molecule is CCc1ccc(C(=O)NC2(C(=O)O)CCC2)s1. The predicted molar refractivity (Wildman–Crippen MR) is 65.4 cm³/mol. The summed E-state index contributed by atoms with van der Waals surface area (Å²) in [6, 6.07) is 3.67. The van der Waals surface area contributed by atoms with E-state index in [0.29, 0.717) is 17.7 Å². The van der Waals surface area contributed by atoms with E-state index in [1.54, 1.807) is 6.07 Å². The lowest BCUT2D eigenvalue weighted by Crippen LogP contribution is -2.59. The number of carbonyl (C=O) groups excluding carboxylic acids is 1. The summed E-state index contributed by atoms with van der Waals surface area (Å²) in [7, 11) is 0. The molecule has 1 aromatic rings. The lowest BCUT2D eigenvalue weighted by atomic mass is 9.77. The number of aliphatic carboxylic acids is 1. The van der Waals surface area contributed by atoms with Crippen molar-refractivity contribution in [2.45, 2.75) is 38.1 Å². The second-order valence-corrected chi connectivity index (χ2v) is 5.48. The van der Waals surface area contributed by atoms with E-state index in [0.717, 1.165) is 17.7 Å². The van der Waals surface area contributed by atoms with Crippen LogP contribution in [0.25, 0.3) is 0 Å². The first kappa shape index (κ1) is 12.1. The van der Waals surface area contributed by atoms with E-state index in [1.807, 2.05) is 13.0 Å². The molecule has 0 bridgehead atoms. The number of nitrogens with one attached hydrogen (secondary N) is 1. The molecule has 1 amide bonds. The average Bonchev–Trinajstić information content (AvgIpc) is 2.71. The van der Waals surface area contributed by atoms with Crippen LogP contribution in [0.2, 0.25) is 0 Å². The maximum absolute atomic E-state index is 11.9. The van der Waals surface area contributed by atoms with E-state index in [9.17, 15) is 9.59 Å². The summed E-state index contributed by atoms with van der Waals surface area (Å²) >= 11 is 1.42. The van der Waals surface area contributed by atoms with Crippen molar-refractivity contribution in [3.63, 3.8) is 0 Å². The number of hydrogen-bond donors (Lipinski definition) is 2. The molecule has 1 aromatic heterocycles. The summed E-state index contributed by atoms with van der Waals surface area (Å²) in [4.78, 5) is 24.8. The van der Waals surface area contributed by atoms with Gasteiger partial charge in [0.25, 0.3) is 5.91 Å². The molecule has 0 aromatic carbocycles. The van der Waals surface area contributed by atoms with E-state index in [2.05, 4.69) is 5.32 Å². The molecule has 0 spiro atoms. The van der Waals surface area contributed by atoms with Gasteiger partial charge in [0.05, 0.1) is 4.88 Å². The van der Waals surface area contributed by atoms with Crippen LogP contribution >= 0.6 is 11.3 Å². The van der Waals surface area contributed by atoms with Crippen LogP contribution in [-0.2, 0) is 11.2 Å². The molecule has 92 valence electrons. The van der Waals surface area contributed by atoms with Gasteiger partial charge in [-0.2, -0.15) is 0 Å². The van der Waals surface area contributed by atoms with Crippen molar-refractivity contribution in [3.8, 4) is 0 Å². The number of rotatable bonds is 4. The number of carbonyl (C=O) groups is 2. The van der Waals surface area contributed by atoms with Crippen LogP contribution in [0.1, 0.15) is 40.7 Å². The van der Waals surface area contributed by atoms with Crippen LogP contribution in [0, 0.1) is 0 Å². The summed E-state index contributed by atoms with van der Waals surface area (Å²) < 4.78 is 0. The second kappa shape index (κ2) is 4.49. The summed E-state index contributed by atoms with van der Waals surface area (Å²) in [5.41, 5.74) is -1.02. The van der Waals surface area contributed by atoms with E-state index < -0.39 is 11.5 Å². The van der Waals surface area contributed by atoms with Gasteiger partial charge in [-0.3, -0.25) is 4.79 Å². The molecule has 2 rings (SSSR count). The number of aryl methyl sites for hydroxylation is 1. The average molecular weight is 253 g/mol. The Morgan fingerprint density at radius 3 is 2.59 bits per heavy atom. The van der Waals surface area contributed by atoms with Crippen LogP contribution < -0.4 is 5.32 Å². The zero-order chi connectivity index (χ0) is 12.5. The largest absolute Gasteiger partial charge is 0.480 e. The van der Waals surface area contributed by atoms with E-state index >= 15 is 0 Å². The van der Waals surface area contributed by atoms with Crippen molar-refractivity contribution in [2.75, 3.05) is 0 Å². The van der Waals surface area contributed by atoms with E-state index in [1.165, 1.54) is 11.3 Å². The third kappa shape index (κ3) is 2.20. The number of carboxylic acids is 1. The Morgan fingerprint density at radius 2 is 2.18 bits per heavy atom. The minimum absolute atomic E-state index is 0.267. The van der Waals surface area contributed by atoms with Crippen molar-refractivity contribution in [2.24, 2.45) is 0 Å². The van der Waals surface area contributed by atoms with Gasteiger partial charge >= 0.3 is 5.97 Å². The van der Waals surface area contributed by atoms with Gasteiger partial charge in [-0.05, 0) is 37.8 Å². The molecule has 0 aliphatic heterocycles. The lowest BCUT2D eigenvalue weighted by Gasteiger charge is -2.38. The number of thiophene rings is 1. The first-order chi connectivity index (χ1) is 8.07. The Kier molecular flexibility index (Phi) is 3.19. The highest BCUT2D eigenvalue weighted by Crippen LogP contribution is 2.32. The fourth-order valence-electron chi connectivity index (χ4n) is 1.89. The Bertz CT molecular complexity index is 448. The van der Waals surface area contributed by atoms with Crippen molar-refractivity contribution >= 4 is 23.2 Å². The van der Waals surface area contributed by atoms with E-state index in [-0.39, 0.29) is 5.91 Å². The van der Waals surface area contributed by atoms with Crippen LogP contribution in [-0.4, -0.2) is 22.5 Å². The van der Waals surface area contributed by atoms with Gasteiger partial charge in [0, 0.05) is 4.88 Å². The fraction of sp³-hybridized carbons (Fsp3) is 0.500. The molecule has 1 saturated carbocycles. The second-order valence-electron chi connectivity index (χ2n) is 4.31. The van der Waals surface area contributed by atoms with Gasteiger partial charge in [-0.1, -0.05) is 6.92 Å². The Morgan fingerprint density at radius 1 is 1.47 bits per heavy atom. The van der Waals surface area contributed by atoms with Gasteiger partial charge in [0.2, 0.25) is 0 Å². The minimum atomic E-state index is -1.02. The highest BCUT2D eigenvalue weighted by molar-refractivity contribution is 7.14. The van der Waals surface area contributed by atoms with Gasteiger partial charge in [-0.15, -0.1) is 11.3 Å². The normalized spacial score (nSPS) is 17.2. The first-order valence-electron chi connectivity index (χ1n) is 5.72. The molecule has 1 aliphatic rings. The quantitative estimate of drug-likeness (QED) is 0.863. The smallest absolute Gasteiger partial charge is 0.329 e. The Balaban J connectivity index is 2.08. The van der Waals surface area contributed by atoms with Gasteiger partial charge in [0.1, 0.15) is 5.54 Å². The molecule has 17 heavy (non-hydrogen) atoms. The molecule has 4 nitrogen and oxygen atoms in total. The Hall–Kier alpha value is -1.36. The Labute approximate surface area is 104 Å². The van der Waals surface area contributed by atoms with Crippen LogP contribution in [0.3, 0.4) is 0 Å². The molecule has 0 unspecified atom stereocenters. The maximum Gasteiger partial charge on any atom is 0.329 e. The van der Waals surface area contributed by atoms with Crippen LogP contribution in [0.15, 0.2) is 12.1 Å². The monoisotopic (exact) mass is 253 g/mol. The third-order valence-electron chi connectivity index (χ3n) is 3.20. The molecular formula is C12H15NO3S. The standard InChI is InChI=1S/C12H15NO3S/c1-2-8-4-5-9(17-8)10(14)13-12(11(15)16)6-3-7-12/h4-5H,2-3,6-7H2,1H3,(H,13,14)(H,15,16). The summed E-state index contributed by atoms with van der Waals surface area (Å²) in [5, 5.41) is 11.8. The number of amides is 1. The lowest BCUT2D eigenvalue weighted by molar-refractivity contribution is -0.148. The molecule has 0 atom stereocenters. The highest BCUT2D eigenvalue weighted by Gasteiger charge is 2.45. The molecule has 5 heteroatoms. The molecule has 1 aliphatic carbocycles. The van der Waals surface area contributed by atoms with Gasteiger partial charge in [-0.25, -0.2) is 4.79 Å². The molecule has 1 fully saturated rings.